The molecule has 162 valence electrons. The van der Waals surface area contributed by atoms with Gasteiger partial charge in [-0.3, -0.25) is 0 Å². The summed E-state index contributed by atoms with van der Waals surface area (Å²) in [6, 6.07) is 10.4. The third-order valence-corrected chi connectivity index (χ3v) is 7.08. The lowest BCUT2D eigenvalue weighted by Crippen LogP contribution is -2.41. The third-order valence-electron chi connectivity index (χ3n) is 7.08. The molecule has 0 N–H and O–H groups in total. The first-order chi connectivity index (χ1) is 15.3. The molecule has 0 radical (unpaired) electrons. The van der Waals surface area contributed by atoms with Crippen molar-refractivity contribution in [2.45, 2.75) is 51.9 Å². The van der Waals surface area contributed by atoms with Gasteiger partial charge in [0.05, 0.1) is 16.6 Å². The Bertz CT molecular complexity index is 1330. The molecule has 1 aromatic carbocycles. The van der Waals surface area contributed by atoms with Gasteiger partial charge in [0.25, 0.3) is 0 Å². The molecule has 0 unspecified atom stereocenters. The van der Waals surface area contributed by atoms with Gasteiger partial charge in [-0.25, -0.2) is 15.0 Å². The summed E-state index contributed by atoms with van der Waals surface area (Å²) < 4.78 is 18.5. The van der Waals surface area contributed by atoms with Gasteiger partial charge in [-0.2, -0.15) is 0 Å². The largest absolute Gasteiger partial charge is 0.494 e. The van der Waals surface area contributed by atoms with E-state index < -0.39 is 0 Å². The minimum atomic E-state index is -0.343. The molecule has 2 aliphatic heterocycles. The molecular weight excluding hydrogens is 403 g/mol. The highest BCUT2D eigenvalue weighted by atomic mass is 16.7. The van der Waals surface area contributed by atoms with E-state index in [1.807, 2.05) is 12.1 Å². The Hall–Kier alpha value is -2.97. The second-order valence-corrected chi connectivity index (χ2v) is 9.62. The molecule has 5 heterocycles. The maximum atomic E-state index is 6.24. The smallest absolute Gasteiger partial charge is 0.432 e. The van der Waals surface area contributed by atoms with Crippen LogP contribution in [0.5, 0.6) is 0 Å². The van der Waals surface area contributed by atoms with E-state index in [0.29, 0.717) is 11.3 Å². The summed E-state index contributed by atoms with van der Waals surface area (Å²) in [5.74, 6) is 0.814. The molecule has 0 atom stereocenters. The van der Waals surface area contributed by atoms with Crippen LogP contribution in [0.4, 0.5) is 5.82 Å². The molecule has 32 heavy (non-hydrogen) atoms. The van der Waals surface area contributed by atoms with Crippen molar-refractivity contribution >= 4 is 40.6 Å². The van der Waals surface area contributed by atoms with Crippen LogP contribution in [0.2, 0.25) is 0 Å². The van der Waals surface area contributed by atoms with E-state index in [1.165, 1.54) is 11.1 Å². The van der Waals surface area contributed by atoms with Crippen LogP contribution >= 0.6 is 0 Å². The average molecular weight is 428 g/mol. The van der Waals surface area contributed by atoms with E-state index in [2.05, 4.69) is 65.7 Å². The van der Waals surface area contributed by atoms with Crippen molar-refractivity contribution in [2.75, 3.05) is 11.4 Å². The number of anilines is 1. The Balaban J connectivity index is 1.31. The highest BCUT2D eigenvalue weighted by molar-refractivity contribution is 6.62. The topological polar surface area (TPSA) is 73.5 Å². The van der Waals surface area contributed by atoms with Gasteiger partial charge >= 0.3 is 7.12 Å². The number of hydrogen-bond acceptors (Lipinski definition) is 7. The monoisotopic (exact) mass is 428 g/mol. The number of fused-ring (bicyclic) bond motifs is 4. The molecule has 0 saturated carbocycles. The average Bonchev–Trinajstić information content (AvgIpc) is 3.26. The molecule has 7 nitrogen and oxygen atoms in total. The van der Waals surface area contributed by atoms with Crippen molar-refractivity contribution in [3.63, 3.8) is 0 Å². The lowest BCUT2D eigenvalue weighted by molar-refractivity contribution is 0.00578. The highest BCUT2D eigenvalue weighted by Crippen LogP contribution is 2.37. The van der Waals surface area contributed by atoms with Crippen molar-refractivity contribution in [3.05, 3.63) is 54.0 Å². The van der Waals surface area contributed by atoms with Crippen molar-refractivity contribution in [3.8, 4) is 0 Å². The number of pyridine rings is 1. The van der Waals surface area contributed by atoms with Crippen molar-refractivity contribution in [1.82, 2.24) is 15.0 Å². The Labute approximate surface area is 186 Å². The second-order valence-electron chi connectivity index (χ2n) is 9.62. The van der Waals surface area contributed by atoms with Gasteiger partial charge < -0.3 is 18.6 Å². The number of hydrogen-bond donors (Lipinski definition) is 0. The molecule has 1 saturated heterocycles. The summed E-state index contributed by atoms with van der Waals surface area (Å²) in [5, 5.41) is 0.913. The number of furan rings is 1. The minimum Gasteiger partial charge on any atom is -0.432 e. The predicted octanol–water partition coefficient (Wildman–Crippen LogP) is 3.63. The van der Waals surface area contributed by atoms with Gasteiger partial charge in [0.1, 0.15) is 11.8 Å². The normalized spacial score (nSPS) is 19.6. The summed E-state index contributed by atoms with van der Waals surface area (Å²) in [6.07, 6.45) is 4.25. The summed E-state index contributed by atoms with van der Waals surface area (Å²) >= 11 is 0. The summed E-state index contributed by atoms with van der Waals surface area (Å²) in [7, 11) is -0.340. The molecule has 3 aromatic heterocycles. The Morgan fingerprint density at radius 3 is 2.59 bits per heavy atom. The summed E-state index contributed by atoms with van der Waals surface area (Å²) in [6.45, 7) is 9.93. The molecule has 4 aromatic rings. The van der Waals surface area contributed by atoms with Gasteiger partial charge in [-0.1, -0.05) is 18.2 Å². The van der Waals surface area contributed by atoms with Gasteiger partial charge in [0.15, 0.2) is 11.4 Å². The third kappa shape index (κ3) is 2.93. The van der Waals surface area contributed by atoms with Crippen LogP contribution in [-0.4, -0.2) is 39.8 Å². The number of rotatable bonds is 2. The van der Waals surface area contributed by atoms with Crippen LogP contribution in [0.25, 0.3) is 22.2 Å². The van der Waals surface area contributed by atoms with E-state index >= 15 is 0 Å². The van der Waals surface area contributed by atoms with Crippen LogP contribution in [0.3, 0.4) is 0 Å². The lowest BCUT2D eigenvalue weighted by atomic mass is 9.77. The van der Waals surface area contributed by atoms with E-state index in [-0.39, 0.29) is 18.3 Å². The van der Waals surface area contributed by atoms with Gasteiger partial charge in [0, 0.05) is 19.3 Å². The van der Waals surface area contributed by atoms with Gasteiger partial charge in [-0.15, -0.1) is 0 Å². The first-order valence-corrected chi connectivity index (χ1v) is 11.0. The maximum Gasteiger partial charge on any atom is 0.494 e. The molecule has 0 bridgehead atoms. The maximum absolute atomic E-state index is 6.24. The molecule has 8 heteroatoms. The van der Waals surface area contributed by atoms with E-state index in [4.69, 9.17) is 13.7 Å². The van der Waals surface area contributed by atoms with Crippen molar-refractivity contribution < 1.29 is 13.7 Å². The van der Waals surface area contributed by atoms with Crippen LogP contribution in [0.15, 0.2) is 47.3 Å². The minimum absolute atomic E-state index is 0.340. The molecule has 2 aliphatic rings. The van der Waals surface area contributed by atoms with Crippen molar-refractivity contribution in [2.24, 2.45) is 0 Å². The van der Waals surface area contributed by atoms with E-state index in [0.717, 1.165) is 41.7 Å². The fraction of sp³-hybridized carbons (Fsp3) is 0.375. The number of nitrogens with zero attached hydrogens (tertiary/aromatic N) is 4. The molecule has 0 amide bonds. The van der Waals surface area contributed by atoms with E-state index in [9.17, 15) is 0 Å². The summed E-state index contributed by atoms with van der Waals surface area (Å²) in [5.41, 5.74) is 5.08. The molecule has 0 aliphatic carbocycles. The molecular formula is C24H25BN4O3. The fourth-order valence-corrected chi connectivity index (χ4v) is 4.50. The zero-order chi connectivity index (χ0) is 22.1. The SMILES string of the molecule is CC1(C)OB(c2ccc3c(c2)CCN(c2ncnc4c2oc2ncccc24)C3)OC1(C)C. The van der Waals surface area contributed by atoms with Crippen LogP contribution < -0.4 is 10.4 Å². The van der Waals surface area contributed by atoms with E-state index in [1.54, 1.807) is 12.5 Å². The lowest BCUT2D eigenvalue weighted by Gasteiger charge is -2.32. The fourth-order valence-electron chi connectivity index (χ4n) is 4.50. The number of benzene rings is 1. The molecule has 0 spiro atoms. The van der Waals surface area contributed by atoms with Crippen molar-refractivity contribution in [1.29, 1.82) is 0 Å². The van der Waals surface area contributed by atoms with Gasteiger partial charge in [0.2, 0.25) is 5.71 Å². The standard InChI is InChI=1S/C24H25BN4O3/c1-23(2)24(3,4)32-25(31-23)17-8-7-16-13-29(11-9-15(16)12-17)21-20-19(27-14-28-21)18-6-5-10-26-22(18)30-20/h5-8,10,12,14H,9,11,13H2,1-4H3. The zero-order valence-corrected chi connectivity index (χ0v) is 18.8. The predicted molar refractivity (Wildman–Crippen MR) is 124 cm³/mol. The van der Waals surface area contributed by atoms with Crippen LogP contribution in [0.1, 0.15) is 38.8 Å². The van der Waals surface area contributed by atoms with Crippen LogP contribution in [0, 0.1) is 0 Å². The number of aromatic nitrogens is 3. The first kappa shape index (κ1) is 19.7. The molecule has 1 fully saturated rings. The zero-order valence-electron chi connectivity index (χ0n) is 18.8. The second kappa shape index (κ2) is 6.77. The Kier molecular flexibility index (Phi) is 4.16. The highest BCUT2D eigenvalue weighted by Gasteiger charge is 2.51. The Morgan fingerprint density at radius 2 is 1.78 bits per heavy atom. The first-order valence-electron chi connectivity index (χ1n) is 11.0. The Morgan fingerprint density at radius 1 is 0.969 bits per heavy atom. The summed E-state index contributed by atoms with van der Waals surface area (Å²) in [4.78, 5) is 15.6. The van der Waals surface area contributed by atoms with Crippen LogP contribution in [-0.2, 0) is 22.3 Å². The quantitative estimate of drug-likeness (QED) is 0.452. The van der Waals surface area contributed by atoms with Gasteiger partial charge in [-0.05, 0) is 62.8 Å². The molecule has 6 rings (SSSR count).